The molecule has 0 saturated heterocycles. The SMILES string of the molecule is CCn1ncc(OC)c1C(NN)c1c(C)cccc1C. The van der Waals surface area contributed by atoms with Gasteiger partial charge in [-0.3, -0.25) is 10.5 Å². The average Bonchev–Trinajstić information content (AvgIpc) is 2.85. The van der Waals surface area contributed by atoms with Crippen LogP contribution in [-0.4, -0.2) is 16.9 Å². The minimum atomic E-state index is -0.145. The lowest BCUT2D eigenvalue weighted by Gasteiger charge is -2.22. The highest BCUT2D eigenvalue weighted by atomic mass is 16.5. The van der Waals surface area contributed by atoms with E-state index < -0.39 is 0 Å². The maximum Gasteiger partial charge on any atom is 0.161 e. The van der Waals surface area contributed by atoms with Gasteiger partial charge in [-0.15, -0.1) is 0 Å². The van der Waals surface area contributed by atoms with Crippen molar-refractivity contribution in [3.05, 3.63) is 46.8 Å². The second-order valence-corrected chi connectivity index (χ2v) is 4.82. The van der Waals surface area contributed by atoms with E-state index in [1.165, 1.54) is 16.7 Å². The summed E-state index contributed by atoms with van der Waals surface area (Å²) >= 11 is 0. The van der Waals surface area contributed by atoms with Gasteiger partial charge in [-0.05, 0) is 37.5 Å². The van der Waals surface area contributed by atoms with E-state index in [4.69, 9.17) is 10.6 Å². The van der Waals surface area contributed by atoms with Crippen LogP contribution in [0.1, 0.15) is 35.3 Å². The van der Waals surface area contributed by atoms with Gasteiger partial charge >= 0.3 is 0 Å². The molecule has 1 heterocycles. The highest BCUT2D eigenvalue weighted by Gasteiger charge is 2.24. The van der Waals surface area contributed by atoms with E-state index in [0.717, 1.165) is 18.0 Å². The third-order valence-electron chi connectivity index (χ3n) is 3.64. The number of benzene rings is 1. The van der Waals surface area contributed by atoms with Crippen molar-refractivity contribution >= 4 is 0 Å². The first-order valence-electron chi connectivity index (χ1n) is 6.75. The number of nitrogens with two attached hydrogens (primary N) is 1. The second-order valence-electron chi connectivity index (χ2n) is 4.82. The Bertz CT molecular complexity index is 550. The number of nitrogens with one attached hydrogen (secondary N) is 1. The van der Waals surface area contributed by atoms with Gasteiger partial charge in [-0.1, -0.05) is 18.2 Å². The van der Waals surface area contributed by atoms with Crippen LogP contribution in [0.5, 0.6) is 5.75 Å². The van der Waals surface area contributed by atoms with E-state index in [0.29, 0.717) is 0 Å². The third-order valence-corrected chi connectivity index (χ3v) is 3.64. The molecular formula is C15H22N4O. The van der Waals surface area contributed by atoms with Crippen LogP contribution in [0.3, 0.4) is 0 Å². The quantitative estimate of drug-likeness (QED) is 0.647. The summed E-state index contributed by atoms with van der Waals surface area (Å²) in [6, 6.07) is 6.09. The number of aromatic nitrogens is 2. The van der Waals surface area contributed by atoms with E-state index >= 15 is 0 Å². The minimum absolute atomic E-state index is 0.145. The average molecular weight is 274 g/mol. The number of aryl methyl sites for hydroxylation is 3. The number of hydrazine groups is 1. The molecule has 0 aliphatic rings. The number of nitrogens with zero attached hydrogens (tertiary/aromatic N) is 2. The van der Waals surface area contributed by atoms with Crippen LogP contribution in [0.25, 0.3) is 0 Å². The van der Waals surface area contributed by atoms with Gasteiger partial charge in [-0.2, -0.15) is 5.10 Å². The molecule has 0 fully saturated rings. The van der Waals surface area contributed by atoms with Gasteiger partial charge in [0.15, 0.2) is 5.75 Å². The molecule has 0 amide bonds. The zero-order chi connectivity index (χ0) is 14.7. The molecule has 20 heavy (non-hydrogen) atoms. The summed E-state index contributed by atoms with van der Waals surface area (Å²) in [7, 11) is 1.65. The topological polar surface area (TPSA) is 65.1 Å². The first-order valence-corrected chi connectivity index (χ1v) is 6.75. The molecule has 2 aromatic rings. The molecule has 0 saturated carbocycles. The summed E-state index contributed by atoms with van der Waals surface area (Å²) in [6.07, 6.45) is 1.73. The zero-order valence-electron chi connectivity index (χ0n) is 12.5. The van der Waals surface area contributed by atoms with Crippen molar-refractivity contribution in [2.45, 2.75) is 33.4 Å². The number of hydrogen-bond donors (Lipinski definition) is 2. The fourth-order valence-electron chi connectivity index (χ4n) is 2.66. The molecule has 5 heteroatoms. The lowest BCUT2D eigenvalue weighted by Crippen LogP contribution is -2.32. The molecule has 108 valence electrons. The van der Waals surface area contributed by atoms with Gasteiger partial charge in [0.25, 0.3) is 0 Å². The van der Waals surface area contributed by atoms with Crippen LogP contribution in [0, 0.1) is 13.8 Å². The Hall–Kier alpha value is -1.85. The van der Waals surface area contributed by atoms with Crippen LogP contribution in [0.15, 0.2) is 24.4 Å². The number of hydrogen-bond acceptors (Lipinski definition) is 4. The normalized spacial score (nSPS) is 12.4. The van der Waals surface area contributed by atoms with Crippen molar-refractivity contribution in [2.24, 2.45) is 5.84 Å². The zero-order valence-corrected chi connectivity index (χ0v) is 12.5. The summed E-state index contributed by atoms with van der Waals surface area (Å²) in [5.74, 6) is 6.58. The van der Waals surface area contributed by atoms with Crippen LogP contribution < -0.4 is 16.0 Å². The molecule has 0 bridgehead atoms. The third kappa shape index (κ3) is 2.42. The second kappa shape index (κ2) is 6.07. The Morgan fingerprint density at radius 2 is 2.00 bits per heavy atom. The van der Waals surface area contributed by atoms with E-state index in [1.807, 2.05) is 11.6 Å². The molecule has 0 spiro atoms. The molecule has 5 nitrogen and oxygen atoms in total. The first-order chi connectivity index (χ1) is 9.63. The van der Waals surface area contributed by atoms with Crippen molar-refractivity contribution in [1.29, 1.82) is 0 Å². The van der Waals surface area contributed by atoms with Crippen molar-refractivity contribution in [3.63, 3.8) is 0 Å². The fourth-order valence-corrected chi connectivity index (χ4v) is 2.66. The van der Waals surface area contributed by atoms with Crippen molar-refractivity contribution in [3.8, 4) is 5.75 Å². The molecular weight excluding hydrogens is 252 g/mol. The molecule has 0 aliphatic heterocycles. The molecule has 2 rings (SSSR count). The van der Waals surface area contributed by atoms with E-state index in [2.05, 4.69) is 42.6 Å². The van der Waals surface area contributed by atoms with Crippen LogP contribution in [-0.2, 0) is 6.54 Å². The van der Waals surface area contributed by atoms with E-state index in [1.54, 1.807) is 13.3 Å². The lowest BCUT2D eigenvalue weighted by molar-refractivity contribution is 0.399. The summed E-state index contributed by atoms with van der Waals surface area (Å²) in [6.45, 7) is 6.99. The van der Waals surface area contributed by atoms with E-state index in [9.17, 15) is 0 Å². The number of ether oxygens (including phenoxy) is 1. The Morgan fingerprint density at radius 1 is 1.35 bits per heavy atom. The van der Waals surface area contributed by atoms with Crippen LogP contribution in [0.4, 0.5) is 0 Å². The highest BCUT2D eigenvalue weighted by molar-refractivity contribution is 5.43. The lowest BCUT2D eigenvalue weighted by atomic mass is 9.94. The van der Waals surface area contributed by atoms with E-state index in [-0.39, 0.29) is 6.04 Å². The molecule has 1 unspecified atom stereocenters. The minimum Gasteiger partial charge on any atom is -0.493 e. The summed E-state index contributed by atoms with van der Waals surface area (Å²) in [5.41, 5.74) is 7.42. The van der Waals surface area contributed by atoms with Crippen molar-refractivity contribution in [2.75, 3.05) is 7.11 Å². The molecule has 1 atom stereocenters. The summed E-state index contributed by atoms with van der Waals surface area (Å²) in [5, 5.41) is 4.36. The Balaban J connectivity index is 2.61. The van der Waals surface area contributed by atoms with Gasteiger partial charge in [0.05, 0.1) is 19.3 Å². The predicted octanol–water partition coefficient (Wildman–Crippen LogP) is 2.08. The Labute approximate surface area is 119 Å². The number of rotatable bonds is 5. The first kappa shape index (κ1) is 14.6. The van der Waals surface area contributed by atoms with Crippen LogP contribution in [0.2, 0.25) is 0 Å². The predicted molar refractivity (Wildman–Crippen MR) is 79.5 cm³/mol. The summed E-state index contributed by atoms with van der Waals surface area (Å²) in [4.78, 5) is 0. The Morgan fingerprint density at radius 3 is 2.50 bits per heavy atom. The van der Waals surface area contributed by atoms with Crippen LogP contribution >= 0.6 is 0 Å². The molecule has 1 aromatic carbocycles. The standard InChI is InChI=1S/C15H22N4O/c1-5-19-15(12(20-4)9-17-19)14(18-16)13-10(2)7-6-8-11(13)3/h6-9,14,18H,5,16H2,1-4H3. The van der Waals surface area contributed by atoms with Gasteiger partial charge < -0.3 is 4.74 Å². The maximum absolute atomic E-state index is 5.83. The van der Waals surface area contributed by atoms with Gasteiger partial charge in [-0.25, -0.2) is 5.43 Å². The maximum atomic E-state index is 5.83. The molecule has 3 N–H and O–H groups in total. The smallest absolute Gasteiger partial charge is 0.161 e. The van der Waals surface area contributed by atoms with Gasteiger partial charge in [0.1, 0.15) is 5.69 Å². The molecule has 0 radical (unpaired) electrons. The Kier molecular flexibility index (Phi) is 4.42. The van der Waals surface area contributed by atoms with Gasteiger partial charge in [0.2, 0.25) is 0 Å². The van der Waals surface area contributed by atoms with Crippen molar-refractivity contribution in [1.82, 2.24) is 15.2 Å². The summed E-state index contributed by atoms with van der Waals surface area (Å²) < 4.78 is 7.34. The monoisotopic (exact) mass is 274 g/mol. The highest BCUT2D eigenvalue weighted by Crippen LogP contribution is 2.32. The van der Waals surface area contributed by atoms with Crippen molar-refractivity contribution < 1.29 is 4.74 Å². The molecule has 0 aliphatic carbocycles. The molecule has 1 aromatic heterocycles. The van der Waals surface area contributed by atoms with Gasteiger partial charge in [0, 0.05) is 6.54 Å². The fraction of sp³-hybridized carbons (Fsp3) is 0.400. The number of methoxy groups -OCH3 is 1. The largest absolute Gasteiger partial charge is 0.493 e.